The van der Waals surface area contributed by atoms with Crippen LogP contribution in [-0.2, 0) is 20.9 Å². The number of esters is 2. The number of rotatable bonds is 7. The second kappa shape index (κ2) is 9.47. The van der Waals surface area contributed by atoms with Gasteiger partial charge in [-0.3, -0.25) is 19.7 Å². The summed E-state index contributed by atoms with van der Waals surface area (Å²) < 4.78 is 9.64. The summed E-state index contributed by atoms with van der Waals surface area (Å²) in [6.45, 7) is -0.544. The van der Waals surface area contributed by atoms with Crippen LogP contribution < -0.4 is 5.32 Å². The molecule has 0 aromatic heterocycles. The number of amides is 1. The smallest absolute Gasteiger partial charge is 0.337 e. The molecule has 1 amide bonds. The van der Waals surface area contributed by atoms with Crippen LogP contribution >= 0.6 is 11.6 Å². The Labute approximate surface area is 164 Å². The Bertz CT molecular complexity index is 930. The van der Waals surface area contributed by atoms with E-state index < -0.39 is 35.0 Å². The maximum Gasteiger partial charge on any atom is 0.337 e. The van der Waals surface area contributed by atoms with Crippen LogP contribution in [0.25, 0.3) is 0 Å². The molecule has 0 saturated heterocycles. The quantitative estimate of drug-likeness (QED) is 0.425. The number of ether oxygens (including phenoxy) is 2. The molecule has 0 aliphatic carbocycles. The number of nitrogens with one attached hydrogen (secondary N) is 1. The lowest BCUT2D eigenvalue weighted by molar-refractivity contribution is -0.384. The number of hydrogen-bond donors (Lipinski definition) is 1. The average Bonchev–Trinajstić information content (AvgIpc) is 2.70. The highest BCUT2D eigenvalue weighted by atomic mass is 35.5. The summed E-state index contributed by atoms with van der Waals surface area (Å²) in [5.41, 5.74) is 0.446. The van der Waals surface area contributed by atoms with Gasteiger partial charge in [0.2, 0.25) is 0 Å². The number of methoxy groups -OCH3 is 1. The zero-order chi connectivity index (χ0) is 20.7. The second-order valence-electron chi connectivity index (χ2n) is 5.46. The number of halogens is 1. The molecule has 1 N–H and O–H groups in total. The van der Waals surface area contributed by atoms with Gasteiger partial charge in [-0.1, -0.05) is 23.7 Å². The Balaban J connectivity index is 1.89. The zero-order valence-corrected chi connectivity index (χ0v) is 15.4. The van der Waals surface area contributed by atoms with Crippen molar-refractivity contribution in [1.29, 1.82) is 0 Å². The summed E-state index contributed by atoms with van der Waals surface area (Å²) in [5.74, 6) is -1.93. The van der Waals surface area contributed by atoms with Crippen LogP contribution in [-0.4, -0.2) is 36.4 Å². The van der Waals surface area contributed by atoms with E-state index in [1.165, 1.54) is 25.3 Å². The van der Waals surface area contributed by atoms with Crippen LogP contribution in [0.15, 0.2) is 42.5 Å². The molecular weight excluding hydrogens is 392 g/mol. The van der Waals surface area contributed by atoms with Crippen molar-refractivity contribution in [3.8, 4) is 0 Å². The Kier molecular flexibility index (Phi) is 7.05. The molecule has 0 atom stereocenters. The second-order valence-corrected chi connectivity index (χ2v) is 5.87. The highest BCUT2D eigenvalue weighted by Gasteiger charge is 2.17. The van der Waals surface area contributed by atoms with Gasteiger partial charge in [0, 0.05) is 11.6 Å². The fraction of sp³-hybridized carbons (Fsp3) is 0.167. The number of benzene rings is 2. The van der Waals surface area contributed by atoms with Gasteiger partial charge in [0.15, 0.2) is 0 Å². The van der Waals surface area contributed by atoms with E-state index in [0.29, 0.717) is 11.1 Å². The first-order valence-corrected chi connectivity index (χ1v) is 8.24. The number of nitro groups is 1. The summed E-state index contributed by atoms with van der Waals surface area (Å²) in [6.07, 6.45) is 0. The molecule has 0 aliphatic heterocycles. The van der Waals surface area contributed by atoms with E-state index in [2.05, 4.69) is 10.1 Å². The fourth-order valence-corrected chi connectivity index (χ4v) is 2.36. The lowest BCUT2D eigenvalue weighted by Crippen LogP contribution is -2.30. The van der Waals surface area contributed by atoms with Crippen LogP contribution in [0.1, 0.15) is 26.3 Å². The molecule has 0 unspecified atom stereocenters. The molecule has 10 heteroatoms. The van der Waals surface area contributed by atoms with E-state index in [-0.39, 0.29) is 17.2 Å². The number of nitrogens with zero attached hydrogens (tertiary/aromatic N) is 1. The van der Waals surface area contributed by atoms with Gasteiger partial charge >= 0.3 is 11.9 Å². The lowest BCUT2D eigenvalue weighted by Gasteiger charge is -2.08. The highest BCUT2D eigenvalue weighted by Crippen LogP contribution is 2.24. The Hall–Kier alpha value is -3.46. The van der Waals surface area contributed by atoms with E-state index in [9.17, 15) is 24.5 Å². The highest BCUT2D eigenvalue weighted by molar-refractivity contribution is 6.32. The van der Waals surface area contributed by atoms with E-state index >= 15 is 0 Å². The molecule has 2 aromatic carbocycles. The minimum absolute atomic E-state index is 0.0188. The summed E-state index contributed by atoms with van der Waals surface area (Å²) in [6, 6.07) is 9.89. The molecule has 0 spiro atoms. The third-order valence-electron chi connectivity index (χ3n) is 3.55. The summed E-state index contributed by atoms with van der Waals surface area (Å²) in [7, 11) is 1.26. The molecule has 0 saturated carbocycles. The Morgan fingerprint density at radius 2 is 1.89 bits per heavy atom. The van der Waals surface area contributed by atoms with Crippen molar-refractivity contribution in [3.05, 3.63) is 74.3 Å². The van der Waals surface area contributed by atoms with Gasteiger partial charge in [0.1, 0.15) is 18.2 Å². The standard InChI is InChI=1S/C18H15ClN2O7/c1-27-18(24)13-4-2-3-11(7-13)10-28-16(22)9-20-17(23)12-5-6-14(19)15(8-12)21(25)26/h2-8H,9-10H2,1H3,(H,20,23). The van der Waals surface area contributed by atoms with E-state index in [1.807, 2.05) is 0 Å². The topological polar surface area (TPSA) is 125 Å². The summed E-state index contributed by atoms with van der Waals surface area (Å²) in [4.78, 5) is 45.4. The van der Waals surface area contributed by atoms with Gasteiger partial charge in [-0.05, 0) is 29.8 Å². The van der Waals surface area contributed by atoms with Crippen molar-refractivity contribution in [3.63, 3.8) is 0 Å². The number of hydrogen-bond acceptors (Lipinski definition) is 7. The molecule has 2 rings (SSSR count). The first-order valence-electron chi connectivity index (χ1n) is 7.87. The zero-order valence-electron chi connectivity index (χ0n) is 14.6. The first-order chi connectivity index (χ1) is 13.3. The maximum absolute atomic E-state index is 12.0. The third kappa shape index (κ3) is 5.52. The van der Waals surface area contributed by atoms with Gasteiger partial charge in [-0.15, -0.1) is 0 Å². The van der Waals surface area contributed by atoms with Crippen LogP contribution in [0.4, 0.5) is 5.69 Å². The largest absolute Gasteiger partial charge is 0.465 e. The minimum Gasteiger partial charge on any atom is -0.465 e. The summed E-state index contributed by atoms with van der Waals surface area (Å²) in [5, 5.41) is 13.1. The van der Waals surface area contributed by atoms with Crippen LogP contribution in [0.3, 0.4) is 0 Å². The Morgan fingerprint density at radius 1 is 1.14 bits per heavy atom. The van der Waals surface area contributed by atoms with E-state index in [4.69, 9.17) is 16.3 Å². The number of nitro benzene ring substituents is 1. The maximum atomic E-state index is 12.0. The minimum atomic E-state index is -0.722. The van der Waals surface area contributed by atoms with E-state index in [0.717, 1.165) is 6.07 Å². The van der Waals surface area contributed by atoms with E-state index in [1.54, 1.807) is 18.2 Å². The fourth-order valence-electron chi connectivity index (χ4n) is 2.17. The van der Waals surface area contributed by atoms with Gasteiger partial charge in [0.25, 0.3) is 11.6 Å². The van der Waals surface area contributed by atoms with Crippen molar-refractivity contribution in [2.45, 2.75) is 6.61 Å². The first kappa shape index (κ1) is 20.8. The normalized spacial score (nSPS) is 10.1. The molecule has 0 fully saturated rings. The Morgan fingerprint density at radius 3 is 2.57 bits per heavy atom. The monoisotopic (exact) mass is 406 g/mol. The predicted molar refractivity (Wildman–Crippen MR) is 98.0 cm³/mol. The van der Waals surface area contributed by atoms with Crippen molar-refractivity contribution in [2.75, 3.05) is 13.7 Å². The van der Waals surface area contributed by atoms with Crippen molar-refractivity contribution >= 4 is 35.1 Å². The van der Waals surface area contributed by atoms with Crippen molar-refractivity contribution in [1.82, 2.24) is 5.32 Å². The molecule has 2 aromatic rings. The van der Waals surface area contributed by atoms with Gasteiger partial charge in [-0.2, -0.15) is 0 Å². The van der Waals surface area contributed by atoms with Gasteiger partial charge < -0.3 is 14.8 Å². The molecular formula is C18H15ClN2O7. The molecule has 0 bridgehead atoms. The lowest BCUT2D eigenvalue weighted by atomic mass is 10.1. The summed E-state index contributed by atoms with van der Waals surface area (Å²) >= 11 is 5.69. The number of carbonyl (C=O) groups is 3. The van der Waals surface area contributed by atoms with Crippen LogP contribution in [0.2, 0.25) is 5.02 Å². The molecule has 0 aliphatic rings. The van der Waals surface area contributed by atoms with Gasteiger partial charge in [-0.25, -0.2) is 4.79 Å². The average molecular weight is 407 g/mol. The molecule has 28 heavy (non-hydrogen) atoms. The van der Waals surface area contributed by atoms with Crippen molar-refractivity contribution in [2.24, 2.45) is 0 Å². The predicted octanol–water partition coefficient (Wildman–Crippen LogP) is 2.51. The molecule has 0 heterocycles. The number of carbonyl (C=O) groups excluding carboxylic acids is 3. The molecule has 0 radical (unpaired) electrons. The molecule has 9 nitrogen and oxygen atoms in total. The van der Waals surface area contributed by atoms with Gasteiger partial charge in [0.05, 0.1) is 17.6 Å². The molecule has 146 valence electrons. The SMILES string of the molecule is COC(=O)c1cccc(COC(=O)CNC(=O)c2ccc(Cl)c([N+](=O)[O-])c2)c1. The van der Waals surface area contributed by atoms with Crippen molar-refractivity contribution < 1.29 is 28.8 Å². The van der Waals surface area contributed by atoms with Crippen LogP contribution in [0.5, 0.6) is 0 Å². The third-order valence-corrected chi connectivity index (χ3v) is 3.87. The van der Waals surface area contributed by atoms with Crippen LogP contribution in [0, 0.1) is 10.1 Å².